The number of carbonyl (C=O) groups excluding carboxylic acids is 1. The molecule has 2 rings (SSSR count). The third-order valence-electron chi connectivity index (χ3n) is 4.27. The third-order valence-corrected chi connectivity index (χ3v) is 5.57. The first-order chi connectivity index (χ1) is 10.4. The average molecular weight is 324 g/mol. The predicted octanol–water partition coefficient (Wildman–Crippen LogP) is 2.40. The van der Waals surface area contributed by atoms with Crippen molar-refractivity contribution in [3.63, 3.8) is 0 Å². The highest BCUT2D eigenvalue weighted by molar-refractivity contribution is 7.92. The Morgan fingerprint density at radius 2 is 1.82 bits per heavy atom. The largest absolute Gasteiger partial charge is 0.355 e. The zero-order valence-electron chi connectivity index (χ0n) is 13.2. The van der Waals surface area contributed by atoms with E-state index in [-0.39, 0.29) is 11.7 Å². The summed E-state index contributed by atoms with van der Waals surface area (Å²) in [6.07, 6.45) is 3.66. The molecule has 0 spiro atoms. The molecule has 1 aromatic rings. The lowest BCUT2D eigenvalue weighted by Crippen LogP contribution is -2.49. The van der Waals surface area contributed by atoms with Crippen molar-refractivity contribution in [2.24, 2.45) is 0 Å². The molecule has 1 aromatic carbocycles. The molecule has 2 N–H and O–H groups in total. The van der Waals surface area contributed by atoms with Crippen molar-refractivity contribution in [2.75, 3.05) is 17.0 Å². The number of hydrogen-bond acceptors (Lipinski definition) is 3. The van der Waals surface area contributed by atoms with Crippen molar-refractivity contribution in [2.45, 2.75) is 44.9 Å². The van der Waals surface area contributed by atoms with Gasteiger partial charge in [0, 0.05) is 12.2 Å². The normalized spacial score (nSPS) is 16.6. The van der Waals surface area contributed by atoms with Gasteiger partial charge in [-0.2, -0.15) is 0 Å². The number of nitrogens with one attached hydrogen (secondary N) is 2. The Hall–Kier alpha value is -1.56. The molecule has 6 heteroatoms. The monoisotopic (exact) mass is 324 g/mol. The van der Waals surface area contributed by atoms with Crippen LogP contribution in [0, 0.1) is 0 Å². The summed E-state index contributed by atoms with van der Waals surface area (Å²) in [5, 5.41) is 2.99. The van der Waals surface area contributed by atoms with Crippen molar-refractivity contribution in [3.05, 3.63) is 29.8 Å². The quantitative estimate of drug-likeness (QED) is 0.808. The van der Waals surface area contributed by atoms with Crippen LogP contribution in [-0.4, -0.2) is 26.6 Å². The van der Waals surface area contributed by atoms with Gasteiger partial charge in [-0.15, -0.1) is 0 Å². The molecule has 1 aliphatic carbocycles. The number of anilines is 1. The average Bonchev–Trinajstić information content (AvgIpc) is 2.45. The Morgan fingerprint density at radius 1 is 1.18 bits per heavy atom. The summed E-state index contributed by atoms with van der Waals surface area (Å²) in [5.41, 5.74) is 1.07. The van der Waals surface area contributed by atoms with E-state index in [1.807, 2.05) is 19.1 Å². The lowest BCUT2D eigenvalue weighted by atomic mass is 9.64. The Morgan fingerprint density at radius 3 is 2.27 bits per heavy atom. The first-order valence-electron chi connectivity index (χ1n) is 7.83. The highest BCUT2D eigenvalue weighted by Crippen LogP contribution is 2.44. The number of rotatable bonds is 7. The predicted molar refractivity (Wildman–Crippen MR) is 88.4 cm³/mol. The summed E-state index contributed by atoms with van der Waals surface area (Å²) >= 11 is 0. The van der Waals surface area contributed by atoms with E-state index < -0.39 is 15.4 Å². The summed E-state index contributed by atoms with van der Waals surface area (Å²) in [4.78, 5) is 12.4. The Balaban J connectivity index is 2.16. The van der Waals surface area contributed by atoms with Crippen LogP contribution < -0.4 is 10.0 Å². The van der Waals surface area contributed by atoms with Crippen LogP contribution in [0.15, 0.2) is 24.3 Å². The molecule has 1 fully saturated rings. The van der Waals surface area contributed by atoms with E-state index in [2.05, 4.69) is 10.0 Å². The van der Waals surface area contributed by atoms with Gasteiger partial charge in [0.1, 0.15) is 0 Å². The number of carbonyl (C=O) groups is 1. The van der Waals surface area contributed by atoms with Crippen molar-refractivity contribution < 1.29 is 13.2 Å². The van der Waals surface area contributed by atoms with E-state index in [1.54, 1.807) is 19.1 Å². The van der Waals surface area contributed by atoms with Crippen LogP contribution in [0.4, 0.5) is 5.69 Å². The van der Waals surface area contributed by atoms with Gasteiger partial charge in [-0.05, 0) is 43.9 Å². The molecule has 0 heterocycles. The number of hydrogen-bond donors (Lipinski definition) is 2. The fourth-order valence-electron chi connectivity index (χ4n) is 2.69. The summed E-state index contributed by atoms with van der Waals surface area (Å²) in [5.74, 6) is 0.125. The minimum absolute atomic E-state index is 0.0398. The van der Waals surface area contributed by atoms with Crippen LogP contribution >= 0.6 is 0 Å². The van der Waals surface area contributed by atoms with Gasteiger partial charge in [0.05, 0.1) is 11.2 Å². The molecular formula is C16H24N2O3S. The molecule has 1 saturated carbocycles. The van der Waals surface area contributed by atoms with Gasteiger partial charge in [-0.25, -0.2) is 8.42 Å². The lowest BCUT2D eigenvalue weighted by molar-refractivity contribution is -0.129. The van der Waals surface area contributed by atoms with Crippen LogP contribution in [0.2, 0.25) is 0 Å². The van der Waals surface area contributed by atoms with E-state index in [0.29, 0.717) is 12.2 Å². The van der Waals surface area contributed by atoms with Gasteiger partial charge in [0.2, 0.25) is 15.9 Å². The summed E-state index contributed by atoms with van der Waals surface area (Å²) < 4.78 is 25.7. The lowest BCUT2D eigenvalue weighted by Gasteiger charge is -2.40. The second-order valence-corrected chi connectivity index (χ2v) is 7.79. The van der Waals surface area contributed by atoms with Gasteiger partial charge in [0.25, 0.3) is 0 Å². The van der Waals surface area contributed by atoms with E-state index in [9.17, 15) is 13.2 Å². The molecule has 1 aliphatic rings. The SMILES string of the molecule is CCCNC(=O)C1(c2ccc(NS(=O)(=O)CC)cc2)CCC1. The molecule has 0 atom stereocenters. The van der Waals surface area contributed by atoms with Crippen LogP contribution in [0.5, 0.6) is 0 Å². The standard InChI is InChI=1S/C16H24N2O3S/c1-3-12-17-15(19)16(10-5-11-16)13-6-8-14(9-7-13)18-22(20,21)4-2/h6-9,18H,3-5,10-12H2,1-2H3,(H,17,19). The maximum Gasteiger partial charge on any atom is 0.232 e. The zero-order chi connectivity index (χ0) is 16.2. The van der Waals surface area contributed by atoms with Gasteiger partial charge >= 0.3 is 0 Å². The van der Waals surface area contributed by atoms with E-state index in [0.717, 1.165) is 31.2 Å². The molecule has 0 aliphatic heterocycles. The molecule has 0 radical (unpaired) electrons. The Bertz CT molecular complexity index is 619. The summed E-state index contributed by atoms with van der Waals surface area (Å²) in [7, 11) is -3.27. The highest BCUT2D eigenvalue weighted by Gasteiger charge is 2.45. The van der Waals surface area contributed by atoms with Crippen molar-refractivity contribution in [3.8, 4) is 0 Å². The fourth-order valence-corrected chi connectivity index (χ4v) is 3.33. The van der Waals surface area contributed by atoms with E-state index >= 15 is 0 Å². The molecule has 0 bridgehead atoms. The van der Waals surface area contributed by atoms with Crippen LogP contribution in [0.3, 0.4) is 0 Å². The molecular weight excluding hydrogens is 300 g/mol. The van der Waals surface area contributed by atoms with Gasteiger partial charge in [0.15, 0.2) is 0 Å². The zero-order valence-corrected chi connectivity index (χ0v) is 14.0. The smallest absolute Gasteiger partial charge is 0.232 e. The van der Waals surface area contributed by atoms with Gasteiger partial charge < -0.3 is 5.32 Å². The van der Waals surface area contributed by atoms with Crippen molar-refractivity contribution in [1.29, 1.82) is 0 Å². The van der Waals surface area contributed by atoms with E-state index in [1.165, 1.54) is 0 Å². The van der Waals surface area contributed by atoms with Crippen molar-refractivity contribution >= 4 is 21.6 Å². The van der Waals surface area contributed by atoms with Crippen LogP contribution in [0.25, 0.3) is 0 Å². The minimum atomic E-state index is -3.27. The molecule has 22 heavy (non-hydrogen) atoms. The van der Waals surface area contributed by atoms with Crippen LogP contribution in [0.1, 0.15) is 45.1 Å². The Labute approximate surface area is 132 Å². The van der Waals surface area contributed by atoms with Crippen molar-refractivity contribution in [1.82, 2.24) is 5.32 Å². The van der Waals surface area contributed by atoms with Gasteiger partial charge in [-0.3, -0.25) is 9.52 Å². The fraction of sp³-hybridized carbons (Fsp3) is 0.562. The van der Waals surface area contributed by atoms with Gasteiger partial charge in [-0.1, -0.05) is 25.5 Å². The number of sulfonamides is 1. The first-order valence-corrected chi connectivity index (χ1v) is 9.48. The molecule has 122 valence electrons. The molecule has 1 amide bonds. The number of amides is 1. The molecule has 0 unspecified atom stereocenters. The van der Waals surface area contributed by atoms with E-state index in [4.69, 9.17) is 0 Å². The maximum atomic E-state index is 12.4. The summed E-state index contributed by atoms with van der Waals surface area (Å²) in [6, 6.07) is 7.18. The second kappa shape index (κ2) is 6.69. The first kappa shape index (κ1) is 16.8. The minimum Gasteiger partial charge on any atom is -0.355 e. The highest BCUT2D eigenvalue weighted by atomic mass is 32.2. The summed E-state index contributed by atoms with van der Waals surface area (Å²) in [6.45, 7) is 4.31. The third kappa shape index (κ3) is 3.43. The topological polar surface area (TPSA) is 75.3 Å². The number of benzene rings is 1. The molecule has 5 nitrogen and oxygen atoms in total. The maximum absolute atomic E-state index is 12.4. The molecule has 0 aromatic heterocycles. The Kier molecular flexibility index (Phi) is 5.11. The second-order valence-electron chi connectivity index (χ2n) is 5.77. The van der Waals surface area contributed by atoms with Crippen LogP contribution in [-0.2, 0) is 20.2 Å². The molecule has 0 saturated heterocycles.